The van der Waals surface area contributed by atoms with E-state index >= 15 is 0 Å². The topological polar surface area (TPSA) is 29.1 Å². The molecule has 0 saturated carbocycles. The van der Waals surface area contributed by atoms with Crippen LogP contribution in [0.3, 0.4) is 0 Å². The van der Waals surface area contributed by atoms with Gasteiger partial charge in [0.25, 0.3) is 0 Å². The van der Waals surface area contributed by atoms with Gasteiger partial charge >= 0.3 is 0 Å². The van der Waals surface area contributed by atoms with Crippen molar-refractivity contribution in [3.8, 4) is 0 Å². The van der Waals surface area contributed by atoms with Crippen molar-refractivity contribution in [3.05, 3.63) is 0 Å². The predicted molar refractivity (Wildman–Crippen MR) is 49.7 cm³/mol. The molecule has 0 aliphatic carbocycles. The molecule has 2 heteroatoms. The molecule has 12 heavy (non-hydrogen) atoms. The molecule has 0 aliphatic rings. The van der Waals surface area contributed by atoms with Crippen LogP contribution in [-0.2, 0) is 9.84 Å². The third kappa shape index (κ3) is 4.07. The first-order valence-electron chi connectivity index (χ1n) is 4.57. The molecule has 0 saturated heterocycles. The van der Waals surface area contributed by atoms with Crippen LogP contribution in [0.1, 0.15) is 48.0 Å². The molecule has 73 valence electrons. The van der Waals surface area contributed by atoms with Gasteiger partial charge in [0.1, 0.15) is 5.60 Å². The molecule has 0 amide bonds. The highest BCUT2D eigenvalue weighted by atomic mass is 16.5. The van der Waals surface area contributed by atoms with Crippen LogP contribution in [0.4, 0.5) is 0 Å². The Morgan fingerprint density at radius 2 is 1.67 bits per heavy atom. The van der Waals surface area contributed by atoms with Gasteiger partial charge < -0.3 is 4.74 Å². The van der Waals surface area contributed by atoms with Crippen LogP contribution < -0.4 is 0 Å². The lowest BCUT2D eigenvalue weighted by Gasteiger charge is -2.33. The maximum atomic E-state index is 11.5. The molecule has 1 atom stereocenters. The van der Waals surface area contributed by atoms with Crippen LogP contribution in [0.15, 0.2) is 0 Å². The molecule has 0 aromatic carbocycles. The maximum Gasteiger partial charge on any atom is 0.124 e. The molecule has 0 aliphatic heterocycles. The molecule has 0 bridgehead atoms. The van der Waals surface area contributed by atoms with Crippen molar-refractivity contribution < 1.29 is 9.84 Å². The van der Waals surface area contributed by atoms with Crippen molar-refractivity contribution >= 4 is 0 Å². The second kappa shape index (κ2) is 3.75. The third-order valence-electron chi connectivity index (χ3n) is 2.33. The van der Waals surface area contributed by atoms with Gasteiger partial charge in [-0.25, -0.2) is 5.11 Å². The summed E-state index contributed by atoms with van der Waals surface area (Å²) >= 11 is 0. The van der Waals surface area contributed by atoms with Crippen LogP contribution in [0.5, 0.6) is 0 Å². The van der Waals surface area contributed by atoms with Crippen LogP contribution in [0, 0.1) is 0 Å². The summed E-state index contributed by atoms with van der Waals surface area (Å²) < 4.78 is 5.64. The van der Waals surface area contributed by atoms with Crippen molar-refractivity contribution in [2.24, 2.45) is 0 Å². The summed E-state index contributed by atoms with van der Waals surface area (Å²) in [6.07, 6.45) is 0.681. The summed E-state index contributed by atoms with van der Waals surface area (Å²) in [5, 5.41) is 11.5. The highest BCUT2D eigenvalue weighted by molar-refractivity contribution is 4.77. The zero-order chi connectivity index (χ0) is 9.99. The third-order valence-corrected chi connectivity index (χ3v) is 2.33. The lowest BCUT2D eigenvalue weighted by Crippen LogP contribution is -2.40. The van der Waals surface area contributed by atoms with Crippen molar-refractivity contribution in [1.29, 1.82) is 0 Å². The summed E-state index contributed by atoms with van der Waals surface area (Å²) in [7, 11) is 0. The van der Waals surface area contributed by atoms with E-state index < -0.39 is 5.60 Å². The molecular formula is C10H21O2. The number of rotatable bonds is 4. The molecule has 0 fully saturated rings. The quantitative estimate of drug-likeness (QED) is 0.642. The Labute approximate surface area is 75.9 Å². The van der Waals surface area contributed by atoms with Crippen LogP contribution in [0.2, 0.25) is 0 Å². The van der Waals surface area contributed by atoms with Crippen molar-refractivity contribution in [3.63, 3.8) is 0 Å². The van der Waals surface area contributed by atoms with Gasteiger partial charge in [-0.05, 0) is 41.0 Å². The number of hydrogen-bond donors (Lipinski definition) is 0. The average molecular weight is 173 g/mol. The van der Waals surface area contributed by atoms with Gasteiger partial charge in [-0.2, -0.15) is 0 Å². The Balaban J connectivity index is 4.09. The monoisotopic (exact) mass is 173 g/mol. The van der Waals surface area contributed by atoms with E-state index in [1.54, 1.807) is 13.8 Å². The molecule has 1 unspecified atom stereocenters. The Kier molecular flexibility index (Phi) is 3.73. The molecule has 1 radical (unpaired) electrons. The molecule has 0 spiro atoms. The standard InChI is InChI=1S/C10H21O2/c1-7-9(3,4)12-8(2)10(5,6)11/h8H,7H2,1-6H3. The molecule has 0 N–H and O–H groups in total. The van der Waals surface area contributed by atoms with E-state index in [1.807, 2.05) is 20.8 Å². The fraction of sp³-hybridized carbons (Fsp3) is 1.00. The first-order chi connectivity index (χ1) is 5.19. The molecule has 0 aromatic heterocycles. The fourth-order valence-electron chi connectivity index (χ4n) is 0.704. The average Bonchev–Trinajstić information content (AvgIpc) is 1.85. The minimum Gasteiger partial charge on any atom is -0.370 e. The van der Waals surface area contributed by atoms with E-state index in [1.165, 1.54) is 0 Å². The Morgan fingerprint density at radius 3 is 1.92 bits per heavy atom. The Bertz CT molecular complexity index is 133. The first kappa shape index (κ1) is 11.9. The lowest BCUT2D eigenvalue weighted by molar-refractivity contribution is -0.165. The van der Waals surface area contributed by atoms with Crippen LogP contribution >= 0.6 is 0 Å². The van der Waals surface area contributed by atoms with Crippen molar-refractivity contribution in [1.82, 2.24) is 0 Å². The molecule has 2 nitrogen and oxygen atoms in total. The van der Waals surface area contributed by atoms with Gasteiger partial charge in [0, 0.05) is 0 Å². The van der Waals surface area contributed by atoms with E-state index in [0.717, 1.165) is 6.42 Å². The number of ether oxygens (including phenoxy) is 1. The van der Waals surface area contributed by atoms with E-state index in [2.05, 4.69) is 6.92 Å². The van der Waals surface area contributed by atoms with Gasteiger partial charge in [0.05, 0.1) is 11.7 Å². The summed E-state index contributed by atoms with van der Waals surface area (Å²) in [5.41, 5.74) is -1.19. The minimum absolute atomic E-state index is 0.179. The van der Waals surface area contributed by atoms with E-state index in [9.17, 15) is 5.11 Å². The normalized spacial score (nSPS) is 16.2. The SMILES string of the molecule is CCC(C)(C)OC(C)C(C)(C)[O]. The zero-order valence-electron chi connectivity index (χ0n) is 9.10. The van der Waals surface area contributed by atoms with Gasteiger partial charge in [0.15, 0.2) is 0 Å². The van der Waals surface area contributed by atoms with E-state index in [-0.39, 0.29) is 11.7 Å². The van der Waals surface area contributed by atoms with Gasteiger partial charge in [-0.1, -0.05) is 6.92 Å². The second-order valence-electron chi connectivity index (χ2n) is 4.48. The molecule has 0 rings (SSSR count). The number of hydrogen-bond acceptors (Lipinski definition) is 1. The highest BCUT2D eigenvalue weighted by Crippen LogP contribution is 2.22. The fourth-order valence-corrected chi connectivity index (χ4v) is 0.704. The maximum absolute atomic E-state index is 11.5. The Morgan fingerprint density at radius 1 is 1.25 bits per heavy atom. The largest absolute Gasteiger partial charge is 0.370 e. The highest BCUT2D eigenvalue weighted by Gasteiger charge is 2.30. The van der Waals surface area contributed by atoms with Gasteiger partial charge in [0.2, 0.25) is 0 Å². The van der Waals surface area contributed by atoms with Gasteiger partial charge in [-0.15, -0.1) is 0 Å². The summed E-state index contributed by atoms with van der Waals surface area (Å²) in [4.78, 5) is 0. The van der Waals surface area contributed by atoms with Crippen LogP contribution in [-0.4, -0.2) is 17.3 Å². The molecular weight excluding hydrogens is 152 g/mol. The lowest BCUT2D eigenvalue weighted by atomic mass is 10.0. The van der Waals surface area contributed by atoms with Gasteiger partial charge in [-0.3, -0.25) is 0 Å². The minimum atomic E-state index is -1.01. The van der Waals surface area contributed by atoms with Crippen molar-refractivity contribution in [2.75, 3.05) is 0 Å². The molecule has 0 aromatic rings. The predicted octanol–water partition coefficient (Wildman–Crippen LogP) is 2.79. The summed E-state index contributed by atoms with van der Waals surface area (Å²) in [5.74, 6) is 0. The first-order valence-corrected chi connectivity index (χ1v) is 4.57. The zero-order valence-corrected chi connectivity index (χ0v) is 9.10. The Hall–Kier alpha value is -0.0800. The van der Waals surface area contributed by atoms with E-state index in [4.69, 9.17) is 4.74 Å². The van der Waals surface area contributed by atoms with Crippen molar-refractivity contribution in [2.45, 2.75) is 65.3 Å². The van der Waals surface area contributed by atoms with E-state index in [0.29, 0.717) is 0 Å². The summed E-state index contributed by atoms with van der Waals surface area (Å²) in [6.45, 7) is 11.2. The summed E-state index contributed by atoms with van der Waals surface area (Å²) in [6, 6.07) is 0. The smallest absolute Gasteiger partial charge is 0.124 e. The second-order valence-corrected chi connectivity index (χ2v) is 4.48. The molecule has 0 heterocycles. The van der Waals surface area contributed by atoms with Crippen LogP contribution in [0.25, 0.3) is 0 Å².